The van der Waals surface area contributed by atoms with Crippen molar-refractivity contribution >= 4 is 50.4 Å². The Kier molecular flexibility index (Phi) is 6.61. The van der Waals surface area contributed by atoms with Crippen LogP contribution in [0.2, 0.25) is 0 Å². The lowest BCUT2D eigenvalue weighted by Gasteiger charge is -2.06. The minimum Gasteiger partial charge on any atom is -0.355 e. The van der Waals surface area contributed by atoms with Crippen molar-refractivity contribution in [2.24, 2.45) is 0 Å². The topological polar surface area (TPSA) is 71.1 Å². The average molecular weight is 442 g/mol. The number of aromatic nitrogens is 1. The van der Waals surface area contributed by atoms with Gasteiger partial charge >= 0.3 is 0 Å². The van der Waals surface area contributed by atoms with Crippen molar-refractivity contribution in [3.63, 3.8) is 0 Å². The van der Waals surface area contributed by atoms with Crippen LogP contribution in [0.15, 0.2) is 15.9 Å². The summed E-state index contributed by atoms with van der Waals surface area (Å²) in [4.78, 5) is 30.4. The van der Waals surface area contributed by atoms with Crippen LogP contribution in [-0.4, -0.2) is 29.9 Å². The Labute approximate surface area is 163 Å². The highest BCUT2D eigenvalue weighted by atomic mass is 79.9. The molecule has 0 aromatic carbocycles. The molecule has 25 heavy (non-hydrogen) atoms. The second-order valence-corrected chi connectivity index (χ2v) is 9.56. The van der Waals surface area contributed by atoms with Crippen molar-refractivity contribution < 1.29 is 9.59 Å². The van der Waals surface area contributed by atoms with E-state index in [9.17, 15) is 9.59 Å². The molecule has 2 aromatic rings. The zero-order valence-corrected chi connectivity index (χ0v) is 17.0. The van der Waals surface area contributed by atoms with Gasteiger partial charge in [-0.3, -0.25) is 9.59 Å². The first kappa shape index (κ1) is 18.5. The molecule has 2 aromatic heterocycles. The Morgan fingerprint density at radius 2 is 2.00 bits per heavy atom. The molecule has 5 nitrogen and oxygen atoms in total. The molecule has 8 heteroatoms. The highest BCUT2D eigenvalue weighted by molar-refractivity contribution is 9.11. The van der Waals surface area contributed by atoms with Crippen molar-refractivity contribution in [2.45, 2.75) is 38.5 Å². The number of nitrogens with one attached hydrogen (secondary N) is 2. The number of carbonyl (C=O) groups excluding carboxylic acids is 2. The van der Waals surface area contributed by atoms with Gasteiger partial charge in [0.2, 0.25) is 5.91 Å². The van der Waals surface area contributed by atoms with E-state index in [1.165, 1.54) is 46.2 Å². The zero-order chi connectivity index (χ0) is 17.6. The smallest absolute Gasteiger partial charge is 0.261 e. The Bertz CT molecular complexity index is 733. The first-order valence-corrected chi connectivity index (χ1v) is 10.8. The summed E-state index contributed by atoms with van der Waals surface area (Å²) in [6, 6.07) is 3.55. The number of aryl methyl sites for hydroxylation is 3. The highest BCUT2D eigenvalue weighted by Gasteiger charge is 2.15. The van der Waals surface area contributed by atoms with E-state index >= 15 is 0 Å². The molecule has 0 aliphatic heterocycles. The second kappa shape index (κ2) is 8.91. The number of thiazole rings is 1. The molecular weight excluding hydrogens is 422 g/mol. The summed E-state index contributed by atoms with van der Waals surface area (Å²) in [6.07, 6.45) is 6.57. The number of nitrogens with zero attached hydrogens (tertiary/aromatic N) is 1. The van der Waals surface area contributed by atoms with Crippen molar-refractivity contribution in [3.8, 4) is 0 Å². The Morgan fingerprint density at radius 1 is 1.16 bits per heavy atom. The molecule has 0 atom stereocenters. The third-order valence-electron chi connectivity index (χ3n) is 3.99. The summed E-state index contributed by atoms with van der Waals surface area (Å²) in [5.41, 5.74) is 1.29. The summed E-state index contributed by atoms with van der Waals surface area (Å²) in [7, 11) is 0. The standard InChI is InChI=1S/C17H20BrN3O2S2/c18-14-8-7-13(24-14)17(23)20-10-15(22)19-9-3-6-16-21-11-4-1-2-5-12(11)25-16/h7-8H,1-6,9-10H2,(H,19,22)(H,20,23). The van der Waals surface area contributed by atoms with E-state index in [2.05, 4.69) is 26.6 Å². The Morgan fingerprint density at radius 3 is 2.76 bits per heavy atom. The molecule has 2 amide bonds. The van der Waals surface area contributed by atoms with Gasteiger partial charge in [-0.1, -0.05) is 0 Å². The number of amides is 2. The lowest BCUT2D eigenvalue weighted by Crippen LogP contribution is -2.37. The van der Waals surface area contributed by atoms with Gasteiger partial charge in [0.25, 0.3) is 5.91 Å². The summed E-state index contributed by atoms with van der Waals surface area (Å²) in [5, 5.41) is 6.65. The van der Waals surface area contributed by atoms with Crippen LogP contribution in [0.25, 0.3) is 0 Å². The molecule has 2 heterocycles. The first-order chi connectivity index (χ1) is 12.1. The zero-order valence-electron chi connectivity index (χ0n) is 13.8. The molecule has 134 valence electrons. The predicted octanol–water partition coefficient (Wildman–Crippen LogP) is 3.32. The van der Waals surface area contributed by atoms with Crippen molar-refractivity contribution in [2.75, 3.05) is 13.1 Å². The number of hydrogen-bond donors (Lipinski definition) is 2. The predicted molar refractivity (Wildman–Crippen MR) is 104 cm³/mol. The number of fused-ring (bicyclic) bond motifs is 1. The molecule has 0 fully saturated rings. The Balaban J connectivity index is 1.32. The summed E-state index contributed by atoms with van der Waals surface area (Å²) < 4.78 is 0.894. The largest absolute Gasteiger partial charge is 0.355 e. The molecule has 0 spiro atoms. The molecule has 0 saturated carbocycles. The third-order valence-corrected chi connectivity index (χ3v) is 6.83. The molecule has 0 radical (unpaired) electrons. The van der Waals surface area contributed by atoms with Crippen molar-refractivity contribution in [1.29, 1.82) is 0 Å². The molecule has 2 N–H and O–H groups in total. The number of halogens is 1. The maximum atomic E-state index is 11.9. The lowest BCUT2D eigenvalue weighted by atomic mass is 10.0. The van der Waals surface area contributed by atoms with E-state index in [-0.39, 0.29) is 18.4 Å². The molecular formula is C17H20BrN3O2S2. The van der Waals surface area contributed by atoms with Crippen LogP contribution >= 0.6 is 38.6 Å². The first-order valence-electron chi connectivity index (χ1n) is 8.39. The fourth-order valence-electron chi connectivity index (χ4n) is 2.73. The lowest BCUT2D eigenvalue weighted by molar-refractivity contribution is -0.120. The van der Waals surface area contributed by atoms with E-state index in [4.69, 9.17) is 4.98 Å². The summed E-state index contributed by atoms with van der Waals surface area (Å²) in [5.74, 6) is -0.387. The molecule has 1 aliphatic carbocycles. The van der Waals surface area contributed by atoms with Gasteiger partial charge in [-0.05, 0) is 60.2 Å². The van der Waals surface area contributed by atoms with Gasteiger partial charge < -0.3 is 10.6 Å². The summed E-state index contributed by atoms with van der Waals surface area (Å²) in [6.45, 7) is 0.601. The monoisotopic (exact) mass is 441 g/mol. The van der Waals surface area contributed by atoms with Gasteiger partial charge in [-0.2, -0.15) is 0 Å². The average Bonchev–Trinajstić information content (AvgIpc) is 3.22. The van der Waals surface area contributed by atoms with Crippen LogP contribution in [0.4, 0.5) is 0 Å². The van der Waals surface area contributed by atoms with E-state index < -0.39 is 0 Å². The van der Waals surface area contributed by atoms with Crippen molar-refractivity contribution in [1.82, 2.24) is 15.6 Å². The van der Waals surface area contributed by atoms with Gasteiger partial charge in [0.1, 0.15) is 0 Å². The van der Waals surface area contributed by atoms with Crippen LogP contribution in [0.1, 0.15) is 44.5 Å². The fraction of sp³-hybridized carbons (Fsp3) is 0.471. The SMILES string of the molecule is O=C(CNC(=O)c1ccc(Br)s1)NCCCc1nc2c(s1)CCCC2. The normalized spacial score (nSPS) is 13.3. The second-order valence-electron chi connectivity index (χ2n) is 5.92. The highest BCUT2D eigenvalue weighted by Crippen LogP contribution is 2.27. The van der Waals surface area contributed by atoms with Gasteiger partial charge in [0.15, 0.2) is 0 Å². The van der Waals surface area contributed by atoms with Crippen LogP contribution in [0.3, 0.4) is 0 Å². The van der Waals surface area contributed by atoms with Crippen molar-refractivity contribution in [3.05, 3.63) is 36.4 Å². The quantitative estimate of drug-likeness (QED) is 0.647. The van der Waals surface area contributed by atoms with Gasteiger partial charge in [-0.25, -0.2) is 4.98 Å². The van der Waals surface area contributed by atoms with E-state index in [1.54, 1.807) is 6.07 Å². The minimum atomic E-state index is -0.223. The summed E-state index contributed by atoms with van der Waals surface area (Å²) >= 11 is 6.48. The fourth-order valence-corrected chi connectivity index (χ4v) is 5.23. The molecule has 0 saturated heterocycles. The van der Waals surface area contributed by atoms with E-state index in [1.807, 2.05) is 17.4 Å². The van der Waals surface area contributed by atoms with E-state index in [0.29, 0.717) is 11.4 Å². The van der Waals surface area contributed by atoms with Gasteiger partial charge in [0.05, 0.1) is 25.9 Å². The minimum absolute atomic E-state index is 0.0000986. The molecule has 0 unspecified atom stereocenters. The molecule has 1 aliphatic rings. The number of hydrogen-bond acceptors (Lipinski definition) is 5. The van der Waals surface area contributed by atoms with Gasteiger partial charge in [0, 0.05) is 17.8 Å². The van der Waals surface area contributed by atoms with Crippen LogP contribution in [0.5, 0.6) is 0 Å². The number of carbonyl (C=O) groups is 2. The maximum Gasteiger partial charge on any atom is 0.261 e. The third kappa shape index (κ3) is 5.36. The number of thiophene rings is 1. The maximum absolute atomic E-state index is 11.9. The van der Waals surface area contributed by atoms with E-state index in [0.717, 1.165) is 23.0 Å². The van der Waals surface area contributed by atoms with Crippen LogP contribution in [0, 0.1) is 0 Å². The van der Waals surface area contributed by atoms with Gasteiger partial charge in [-0.15, -0.1) is 22.7 Å². The molecule has 3 rings (SSSR count). The van der Waals surface area contributed by atoms with Crippen LogP contribution in [-0.2, 0) is 24.1 Å². The van der Waals surface area contributed by atoms with Crippen LogP contribution < -0.4 is 10.6 Å². The number of rotatable bonds is 7. The Hall–Kier alpha value is -1.25. The molecule has 0 bridgehead atoms.